The topological polar surface area (TPSA) is 24.1 Å². The fourth-order valence-electron chi connectivity index (χ4n) is 6.09. The molecule has 0 unspecified atom stereocenters. The Bertz CT molecular complexity index is 1950. The fraction of sp³-hybridized carbons (Fsp3) is 0.0732. The van der Waals surface area contributed by atoms with E-state index in [9.17, 15) is 0 Å². The maximum absolute atomic E-state index is 3.62. The summed E-state index contributed by atoms with van der Waals surface area (Å²) in [4.78, 5) is 0. The van der Waals surface area contributed by atoms with Gasteiger partial charge in [0, 0.05) is 12.2 Å². The Hall–Kier alpha value is -5.34. The van der Waals surface area contributed by atoms with Gasteiger partial charge in [0.15, 0.2) is 0 Å². The Kier molecular flexibility index (Phi) is 7.33. The molecule has 2 N–H and O–H groups in total. The molecule has 43 heavy (non-hydrogen) atoms. The predicted molar refractivity (Wildman–Crippen MR) is 186 cm³/mol. The molecule has 7 aromatic rings. The Morgan fingerprint density at radius 3 is 1.35 bits per heavy atom. The molecule has 2 heteroatoms. The van der Waals surface area contributed by atoms with E-state index in [1.807, 2.05) is 0 Å². The number of benzene rings is 7. The fourth-order valence-corrected chi connectivity index (χ4v) is 6.09. The lowest BCUT2D eigenvalue weighted by molar-refractivity contribution is 0.980. The van der Waals surface area contributed by atoms with Gasteiger partial charge in [-0.25, -0.2) is 0 Å². The monoisotopic (exact) mass is 554 g/mol. The van der Waals surface area contributed by atoms with Crippen LogP contribution < -0.4 is 10.6 Å². The molecule has 0 aliphatic carbocycles. The number of para-hydroxylation sites is 2. The summed E-state index contributed by atoms with van der Waals surface area (Å²) in [7, 11) is 0. The van der Waals surface area contributed by atoms with E-state index in [0.29, 0.717) is 0 Å². The molecule has 7 aromatic carbocycles. The van der Waals surface area contributed by atoms with Crippen molar-refractivity contribution in [1.29, 1.82) is 0 Å². The van der Waals surface area contributed by atoms with Crippen LogP contribution in [0.1, 0.15) is 13.3 Å². The van der Waals surface area contributed by atoms with Gasteiger partial charge in [-0.2, -0.15) is 0 Å². The summed E-state index contributed by atoms with van der Waals surface area (Å²) in [6.45, 7) is 3.13. The highest BCUT2D eigenvalue weighted by atomic mass is 15.0. The number of nitrogens with one attached hydrogen (secondary N) is 2. The molecule has 0 fully saturated rings. The summed E-state index contributed by atoms with van der Waals surface area (Å²) in [6, 6.07) is 54.5. The molecule has 0 aliphatic heterocycles. The van der Waals surface area contributed by atoms with Crippen LogP contribution in [0.4, 0.5) is 17.1 Å². The molecule has 0 saturated carbocycles. The Morgan fingerprint density at radius 1 is 0.395 bits per heavy atom. The quantitative estimate of drug-likeness (QED) is 0.183. The number of anilines is 3. The van der Waals surface area contributed by atoms with Gasteiger partial charge < -0.3 is 10.6 Å². The van der Waals surface area contributed by atoms with Gasteiger partial charge in [-0.15, -0.1) is 0 Å². The summed E-state index contributed by atoms with van der Waals surface area (Å²) < 4.78 is 0. The maximum atomic E-state index is 3.62. The average Bonchev–Trinajstić information content (AvgIpc) is 3.08. The molecule has 0 aliphatic rings. The van der Waals surface area contributed by atoms with Crippen molar-refractivity contribution in [1.82, 2.24) is 0 Å². The van der Waals surface area contributed by atoms with E-state index in [0.717, 1.165) is 30.0 Å². The van der Waals surface area contributed by atoms with Crippen molar-refractivity contribution in [2.75, 3.05) is 17.2 Å². The van der Waals surface area contributed by atoms with Crippen LogP contribution in [0.3, 0.4) is 0 Å². The van der Waals surface area contributed by atoms with Crippen LogP contribution >= 0.6 is 0 Å². The van der Waals surface area contributed by atoms with Gasteiger partial charge in [0.2, 0.25) is 0 Å². The van der Waals surface area contributed by atoms with Crippen LogP contribution in [-0.2, 0) is 0 Å². The summed E-state index contributed by atoms with van der Waals surface area (Å²) in [5.74, 6) is 0. The molecular weight excluding hydrogens is 520 g/mol. The number of hydrogen-bond acceptors (Lipinski definition) is 2. The van der Waals surface area contributed by atoms with E-state index in [1.165, 1.54) is 54.9 Å². The molecule has 7 rings (SSSR count). The van der Waals surface area contributed by atoms with Crippen molar-refractivity contribution in [3.8, 4) is 33.4 Å². The van der Waals surface area contributed by atoms with Gasteiger partial charge in [-0.3, -0.25) is 0 Å². The molecular formula is C41H34N2. The lowest BCUT2D eigenvalue weighted by Gasteiger charge is -2.18. The molecule has 0 spiro atoms. The van der Waals surface area contributed by atoms with Crippen molar-refractivity contribution in [2.24, 2.45) is 0 Å². The molecule has 0 radical (unpaired) electrons. The molecule has 2 nitrogen and oxygen atoms in total. The third-order valence-corrected chi connectivity index (χ3v) is 8.16. The van der Waals surface area contributed by atoms with E-state index in [4.69, 9.17) is 0 Å². The first kappa shape index (κ1) is 26.6. The molecule has 0 saturated heterocycles. The first-order chi connectivity index (χ1) is 21.3. The zero-order valence-electron chi connectivity index (χ0n) is 24.3. The van der Waals surface area contributed by atoms with Crippen LogP contribution in [0, 0.1) is 0 Å². The first-order valence-electron chi connectivity index (χ1n) is 15.1. The Balaban J connectivity index is 1.31. The summed E-state index contributed by atoms with van der Waals surface area (Å²) in [6.07, 6.45) is 1.09. The Morgan fingerprint density at radius 2 is 0.814 bits per heavy atom. The number of rotatable bonds is 8. The normalized spacial score (nSPS) is 11.1. The third-order valence-electron chi connectivity index (χ3n) is 8.16. The largest absolute Gasteiger partial charge is 0.383 e. The van der Waals surface area contributed by atoms with Crippen molar-refractivity contribution in [2.45, 2.75) is 13.3 Å². The lowest BCUT2D eigenvalue weighted by Crippen LogP contribution is -2.02. The summed E-state index contributed by atoms with van der Waals surface area (Å²) >= 11 is 0. The van der Waals surface area contributed by atoms with Gasteiger partial charge in [0.05, 0.1) is 11.4 Å². The van der Waals surface area contributed by atoms with E-state index < -0.39 is 0 Å². The van der Waals surface area contributed by atoms with Gasteiger partial charge in [0.1, 0.15) is 0 Å². The lowest BCUT2D eigenvalue weighted by atomic mass is 9.85. The van der Waals surface area contributed by atoms with Crippen LogP contribution in [0.2, 0.25) is 0 Å². The average molecular weight is 555 g/mol. The zero-order chi connectivity index (χ0) is 29.0. The van der Waals surface area contributed by atoms with Gasteiger partial charge in [0.25, 0.3) is 0 Å². The SMILES string of the molecule is CCCNc1ccccc1Nc1ccc(-c2c3ccccc3c(-c3ccc(-c4ccccc4)cc3)c3ccccc23)cc1. The highest BCUT2D eigenvalue weighted by molar-refractivity contribution is 6.21. The molecule has 0 bridgehead atoms. The van der Waals surface area contributed by atoms with Crippen LogP contribution in [0.15, 0.2) is 152 Å². The minimum atomic E-state index is 0.949. The minimum absolute atomic E-state index is 0.949. The van der Waals surface area contributed by atoms with Crippen LogP contribution in [-0.4, -0.2) is 6.54 Å². The van der Waals surface area contributed by atoms with Gasteiger partial charge >= 0.3 is 0 Å². The third kappa shape index (κ3) is 5.24. The van der Waals surface area contributed by atoms with Gasteiger partial charge in [-0.05, 0) is 85.6 Å². The standard InChI is InChI=1S/C41H34N2/c1-2-28-42-38-18-10-11-19-39(38)43-33-26-24-32(25-27-33)41-36-16-8-6-14-34(36)40(35-15-7-9-17-37(35)41)31-22-20-30(21-23-31)29-12-4-3-5-13-29/h3-27,42-43H,2,28H2,1H3. The highest BCUT2D eigenvalue weighted by Gasteiger charge is 2.16. The predicted octanol–water partition coefficient (Wildman–Crippen LogP) is 11.6. The van der Waals surface area contributed by atoms with Crippen molar-refractivity contribution >= 4 is 38.6 Å². The molecule has 208 valence electrons. The highest BCUT2D eigenvalue weighted by Crippen LogP contribution is 2.44. The van der Waals surface area contributed by atoms with Crippen LogP contribution in [0.25, 0.3) is 54.9 Å². The smallest absolute Gasteiger partial charge is 0.0620 e. The van der Waals surface area contributed by atoms with E-state index in [1.54, 1.807) is 0 Å². The van der Waals surface area contributed by atoms with Crippen LogP contribution in [0.5, 0.6) is 0 Å². The second-order valence-corrected chi connectivity index (χ2v) is 11.0. The second kappa shape index (κ2) is 11.9. The zero-order valence-corrected chi connectivity index (χ0v) is 24.3. The van der Waals surface area contributed by atoms with Crippen molar-refractivity contribution in [3.05, 3.63) is 152 Å². The van der Waals surface area contributed by atoms with Gasteiger partial charge in [-0.1, -0.05) is 134 Å². The maximum Gasteiger partial charge on any atom is 0.0620 e. The van der Waals surface area contributed by atoms with E-state index >= 15 is 0 Å². The molecule has 0 amide bonds. The Labute approximate surface area is 253 Å². The summed E-state index contributed by atoms with van der Waals surface area (Å²) in [5, 5.41) is 12.2. The minimum Gasteiger partial charge on any atom is -0.383 e. The van der Waals surface area contributed by atoms with E-state index in [-0.39, 0.29) is 0 Å². The first-order valence-corrected chi connectivity index (χ1v) is 15.1. The molecule has 0 aromatic heterocycles. The van der Waals surface area contributed by atoms with E-state index in [2.05, 4.69) is 169 Å². The molecule has 0 heterocycles. The second-order valence-electron chi connectivity index (χ2n) is 11.0. The number of fused-ring (bicyclic) bond motifs is 2. The molecule has 0 atom stereocenters. The summed E-state index contributed by atoms with van der Waals surface area (Å²) in [5.41, 5.74) is 10.7. The van der Waals surface area contributed by atoms with Crippen molar-refractivity contribution in [3.63, 3.8) is 0 Å². The van der Waals surface area contributed by atoms with Crippen molar-refractivity contribution < 1.29 is 0 Å². The number of hydrogen-bond donors (Lipinski definition) is 2.